The Kier molecular flexibility index (Phi) is 5.48. The Balaban J connectivity index is 1.19. The molecule has 10 rings (SSSR count). The fourth-order valence-corrected chi connectivity index (χ4v) is 8.35. The lowest BCUT2D eigenvalue weighted by molar-refractivity contribution is 1.19. The molecule has 10 aromatic rings. The van der Waals surface area contributed by atoms with E-state index >= 15 is 0 Å². The summed E-state index contributed by atoms with van der Waals surface area (Å²) < 4.78 is 5.02. The lowest BCUT2D eigenvalue weighted by Crippen LogP contribution is -1.93. The van der Waals surface area contributed by atoms with Crippen LogP contribution in [0.5, 0.6) is 0 Å². The third-order valence-electron chi connectivity index (χ3n) is 9.42. The zero-order valence-corrected chi connectivity index (χ0v) is 25.6. The van der Waals surface area contributed by atoms with E-state index in [-0.39, 0.29) is 0 Å². The first-order valence-electron chi connectivity index (χ1n) is 15.6. The van der Waals surface area contributed by atoms with Crippen molar-refractivity contribution < 1.29 is 0 Å². The normalized spacial score (nSPS) is 11.9. The van der Waals surface area contributed by atoms with Crippen molar-refractivity contribution in [2.45, 2.75) is 0 Å². The number of hydrogen-bond acceptors (Lipinski definition) is 2. The minimum Gasteiger partial charge on any atom is -0.309 e. The Morgan fingerprint density at radius 3 is 2.13 bits per heavy atom. The Labute approximate surface area is 269 Å². The predicted molar refractivity (Wildman–Crippen MR) is 197 cm³/mol. The molecule has 0 atom stereocenters. The van der Waals surface area contributed by atoms with E-state index in [0.29, 0.717) is 0 Å². The molecule has 3 aromatic heterocycles. The number of hydrogen-bond donors (Lipinski definition) is 0. The Morgan fingerprint density at radius 2 is 1.20 bits per heavy atom. The molecule has 0 N–H and O–H groups in total. The monoisotopic (exact) mass is 602 g/mol. The van der Waals surface area contributed by atoms with Crippen molar-refractivity contribution in [3.63, 3.8) is 0 Å². The van der Waals surface area contributed by atoms with E-state index in [0.717, 1.165) is 10.9 Å². The summed E-state index contributed by atoms with van der Waals surface area (Å²) in [5.74, 6) is 0. The molecule has 7 aromatic carbocycles. The molecule has 0 aliphatic heterocycles. The third kappa shape index (κ3) is 3.79. The van der Waals surface area contributed by atoms with Crippen LogP contribution in [0.25, 0.3) is 91.6 Å². The van der Waals surface area contributed by atoms with Crippen LogP contribution in [0.2, 0.25) is 0 Å². The van der Waals surface area contributed by atoms with Crippen LogP contribution >= 0.6 is 11.3 Å². The molecule has 0 bridgehead atoms. The highest BCUT2D eigenvalue weighted by Crippen LogP contribution is 2.41. The summed E-state index contributed by atoms with van der Waals surface area (Å²) in [6.07, 6.45) is 1.90. The van der Waals surface area contributed by atoms with Gasteiger partial charge in [-0.05, 0) is 82.2 Å². The molecular weight excluding hydrogens is 577 g/mol. The summed E-state index contributed by atoms with van der Waals surface area (Å²) in [6, 6.07) is 55.3. The minimum atomic E-state index is 1.05. The Bertz CT molecular complexity index is 2800. The van der Waals surface area contributed by atoms with E-state index < -0.39 is 0 Å². The summed E-state index contributed by atoms with van der Waals surface area (Å²) in [7, 11) is 0. The molecular formula is C43H26N2S. The second-order valence-electron chi connectivity index (χ2n) is 12.0. The molecule has 0 unspecified atom stereocenters. The lowest BCUT2D eigenvalue weighted by atomic mass is 9.95. The smallest absolute Gasteiger partial charge is 0.0786 e. The van der Waals surface area contributed by atoms with Gasteiger partial charge in [-0.25, -0.2) is 0 Å². The van der Waals surface area contributed by atoms with Crippen LogP contribution in [0.3, 0.4) is 0 Å². The topological polar surface area (TPSA) is 17.8 Å². The van der Waals surface area contributed by atoms with Crippen molar-refractivity contribution in [1.29, 1.82) is 0 Å². The van der Waals surface area contributed by atoms with E-state index in [2.05, 4.69) is 150 Å². The molecule has 0 saturated carbocycles. The number of aromatic nitrogens is 2. The molecule has 214 valence electrons. The molecule has 0 aliphatic carbocycles. The van der Waals surface area contributed by atoms with E-state index in [1.54, 1.807) is 0 Å². The zero-order valence-electron chi connectivity index (χ0n) is 24.8. The van der Waals surface area contributed by atoms with Gasteiger partial charge in [0.05, 0.1) is 16.6 Å². The molecule has 0 amide bonds. The van der Waals surface area contributed by atoms with Crippen molar-refractivity contribution >= 4 is 75.0 Å². The number of rotatable bonds is 3. The quantitative estimate of drug-likeness (QED) is 0.184. The standard InChI is InChI=1S/C43H26N2S/c1-2-8-27(9-3-1)30-17-20-39-35(24-30)34-12-4-5-14-38(34)45(39)32-19-22-41-37(26-32)36-25-31(18-21-40(36)46-41)33-13-6-10-28-15-16-29-11-7-23-44-43(29)42(28)33/h1-26H. The molecule has 3 heteroatoms. The Morgan fingerprint density at radius 1 is 0.457 bits per heavy atom. The molecule has 0 radical (unpaired) electrons. The van der Waals surface area contributed by atoms with Gasteiger partial charge in [-0.2, -0.15) is 0 Å². The van der Waals surface area contributed by atoms with Crippen molar-refractivity contribution in [3.8, 4) is 27.9 Å². The second kappa shape index (κ2) is 9.87. The highest BCUT2D eigenvalue weighted by molar-refractivity contribution is 7.25. The maximum Gasteiger partial charge on any atom is 0.0786 e. The lowest BCUT2D eigenvalue weighted by Gasteiger charge is -2.10. The van der Waals surface area contributed by atoms with Crippen LogP contribution in [0, 0.1) is 0 Å². The van der Waals surface area contributed by atoms with Gasteiger partial charge in [0.25, 0.3) is 0 Å². The molecule has 0 saturated heterocycles. The van der Waals surface area contributed by atoms with Gasteiger partial charge < -0.3 is 4.57 Å². The van der Waals surface area contributed by atoms with E-state index in [1.165, 1.54) is 80.7 Å². The van der Waals surface area contributed by atoms with Gasteiger partial charge in [-0.3, -0.25) is 4.98 Å². The summed E-state index contributed by atoms with van der Waals surface area (Å²) in [4.78, 5) is 4.81. The van der Waals surface area contributed by atoms with Crippen LogP contribution in [-0.2, 0) is 0 Å². The van der Waals surface area contributed by atoms with Crippen molar-refractivity contribution in [2.75, 3.05) is 0 Å². The van der Waals surface area contributed by atoms with Gasteiger partial charge >= 0.3 is 0 Å². The number of fused-ring (bicyclic) bond motifs is 9. The number of thiophene rings is 1. The molecule has 0 aliphatic rings. The Hall–Kier alpha value is -5.77. The summed E-state index contributed by atoms with van der Waals surface area (Å²) >= 11 is 1.86. The van der Waals surface area contributed by atoms with Crippen molar-refractivity contribution in [1.82, 2.24) is 9.55 Å². The zero-order chi connectivity index (χ0) is 30.2. The average molecular weight is 603 g/mol. The number of benzene rings is 7. The summed E-state index contributed by atoms with van der Waals surface area (Å²) in [5.41, 5.74) is 9.57. The highest BCUT2D eigenvalue weighted by Gasteiger charge is 2.16. The van der Waals surface area contributed by atoms with Gasteiger partial charge in [0, 0.05) is 53.6 Å². The third-order valence-corrected chi connectivity index (χ3v) is 10.6. The van der Waals surface area contributed by atoms with Crippen LogP contribution in [0.4, 0.5) is 0 Å². The van der Waals surface area contributed by atoms with Gasteiger partial charge in [0.1, 0.15) is 0 Å². The number of pyridine rings is 1. The number of para-hydroxylation sites is 1. The van der Waals surface area contributed by atoms with Crippen LogP contribution in [-0.4, -0.2) is 9.55 Å². The highest BCUT2D eigenvalue weighted by atomic mass is 32.1. The average Bonchev–Trinajstić information content (AvgIpc) is 3.66. The van der Waals surface area contributed by atoms with E-state index in [9.17, 15) is 0 Å². The van der Waals surface area contributed by atoms with Crippen LogP contribution in [0.1, 0.15) is 0 Å². The molecule has 3 heterocycles. The van der Waals surface area contributed by atoms with Gasteiger partial charge in [-0.15, -0.1) is 11.3 Å². The predicted octanol–water partition coefficient (Wildman–Crippen LogP) is 12.2. The molecule has 0 fully saturated rings. The van der Waals surface area contributed by atoms with Crippen molar-refractivity contribution in [3.05, 3.63) is 158 Å². The SMILES string of the molecule is c1ccc(-c2ccc3c(c2)c2ccccc2n3-c2ccc3sc4ccc(-c5cccc6ccc7cccnc7c56)cc4c3c2)cc1. The fraction of sp³-hybridized carbons (Fsp3) is 0. The van der Waals surface area contributed by atoms with E-state index in [4.69, 9.17) is 4.98 Å². The van der Waals surface area contributed by atoms with Crippen LogP contribution < -0.4 is 0 Å². The maximum absolute atomic E-state index is 4.81. The second-order valence-corrected chi connectivity index (χ2v) is 13.1. The maximum atomic E-state index is 4.81. The van der Waals surface area contributed by atoms with E-state index in [1.807, 2.05) is 23.6 Å². The molecule has 0 spiro atoms. The molecule has 46 heavy (non-hydrogen) atoms. The van der Waals surface area contributed by atoms with Gasteiger partial charge in [0.15, 0.2) is 0 Å². The van der Waals surface area contributed by atoms with Crippen molar-refractivity contribution in [2.24, 2.45) is 0 Å². The van der Waals surface area contributed by atoms with Gasteiger partial charge in [0.2, 0.25) is 0 Å². The molecule has 2 nitrogen and oxygen atoms in total. The first-order valence-corrected chi connectivity index (χ1v) is 16.4. The first-order chi connectivity index (χ1) is 22.8. The van der Waals surface area contributed by atoms with Crippen LogP contribution in [0.15, 0.2) is 158 Å². The largest absolute Gasteiger partial charge is 0.309 e. The summed E-state index contributed by atoms with van der Waals surface area (Å²) in [6.45, 7) is 0. The first kappa shape index (κ1) is 25.5. The van der Waals surface area contributed by atoms with Gasteiger partial charge in [-0.1, -0.05) is 97.1 Å². The summed E-state index contributed by atoms with van der Waals surface area (Å²) in [5, 5.41) is 8.70. The number of nitrogens with zero attached hydrogens (tertiary/aromatic N) is 2. The minimum absolute atomic E-state index is 1.05. The fourth-order valence-electron chi connectivity index (χ4n) is 7.29.